The van der Waals surface area contributed by atoms with E-state index in [0.29, 0.717) is 19.6 Å². The predicted molar refractivity (Wildman–Crippen MR) is 58.6 cm³/mol. The lowest BCUT2D eigenvalue weighted by molar-refractivity contribution is 0.386. The fourth-order valence-electron chi connectivity index (χ4n) is 1.63. The third-order valence-corrected chi connectivity index (χ3v) is 3.98. The summed E-state index contributed by atoms with van der Waals surface area (Å²) in [5.41, 5.74) is 5.48. The van der Waals surface area contributed by atoms with E-state index in [4.69, 9.17) is 5.73 Å². The van der Waals surface area contributed by atoms with Gasteiger partial charge in [-0.05, 0) is 12.8 Å². The molecule has 0 aromatic heterocycles. The molecule has 5 nitrogen and oxygen atoms in total. The van der Waals surface area contributed by atoms with Crippen LogP contribution in [0.15, 0.2) is 0 Å². The third kappa shape index (κ3) is 3.06. The largest absolute Gasteiger partial charge is 0.329 e. The summed E-state index contributed by atoms with van der Waals surface area (Å²) in [5, 5.41) is 0. The fourth-order valence-corrected chi connectivity index (χ4v) is 3.11. The van der Waals surface area contributed by atoms with Gasteiger partial charge in [-0.25, -0.2) is 4.72 Å². The van der Waals surface area contributed by atoms with E-state index in [2.05, 4.69) is 4.72 Å². The number of hydrogen-bond donors (Lipinski definition) is 2. The van der Waals surface area contributed by atoms with E-state index in [1.165, 1.54) is 4.31 Å². The molecule has 0 saturated carbocycles. The molecule has 1 rings (SSSR count). The van der Waals surface area contributed by atoms with Crippen molar-refractivity contribution in [3.63, 3.8) is 0 Å². The second-order valence-electron chi connectivity index (χ2n) is 3.15. The lowest BCUT2D eigenvalue weighted by Gasteiger charge is -2.22. The predicted octanol–water partition coefficient (Wildman–Crippen LogP) is -0.314. The molecule has 1 heterocycles. The van der Waals surface area contributed by atoms with E-state index in [-0.39, 0.29) is 18.4 Å². The van der Waals surface area contributed by atoms with Crippen molar-refractivity contribution in [2.45, 2.75) is 25.8 Å². The highest BCUT2D eigenvalue weighted by Crippen LogP contribution is 2.18. The molecule has 1 saturated heterocycles. The molecule has 0 radical (unpaired) electrons. The van der Waals surface area contributed by atoms with Gasteiger partial charge in [0.1, 0.15) is 0 Å². The highest BCUT2D eigenvalue weighted by atomic mass is 35.5. The number of hydrogen-bond acceptors (Lipinski definition) is 3. The molecule has 1 aliphatic rings. The maximum atomic E-state index is 11.6. The number of nitrogens with two attached hydrogens (primary N) is 1. The lowest BCUT2D eigenvalue weighted by atomic mass is 10.2. The monoisotopic (exact) mass is 243 g/mol. The Morgan fingerprint density at radius 2 is 2.21 bits per heavy atom. The third-order valence-electron chi connectivity index (χ3n) is 2.23. The van der Waals surface area contributed by atoms with Gasteiger partial charge in [0.25, 0.3) is 10.2 Å². The minimum Gasteiger partial charge on any atom is -0.329 e. The fraction of sp³-hybridized carbons (Fsp3) is 1.00. The van der Waals surface area contributed by atoms with E-state index in [9.17, 15) is 8.42 Å². The standard InChI is InChI=1S/C7H17N3O2S.ClH/c1-2-9-13(11,12)10-5-3-4-7(10)6-8;/h7,9H,2-6,8H2,1H3;1H. The first-order valence-electron chi connectivity index (χ1n) is 4.58. The Labute approximate surface area is 91.6 Å². The van der Waals surface area contributed by atoms with Gasteiger partial charge in [-0.15, -0.1) is 12.4 Å². The average Bonchev–Trinajstić information content (AvgIpc) is 2.51. The van der Waals surface area contributed by atoms with Gasteiger partial charge in [0, 0.05) is 25.7 Å². The van der Waals surface area contributed by atoms with E-state index in [0.717, 1.165) is 12.8 Å². The van der Waals surface area contributed by atoms with Crippen molar-refractivity contribution in [2.75, 3.05) is 19.6 Å². The van der Waals surface area contributed by atoms with Crippen LogP contribution < -0.4 is 10.5 Å². The first-order chi connectivity index (χ1) is 6.11. The summed E-state index contributed by atoms with van der Waals surface area (Å²) in [6.07, 6.45) is 1.79. The van der Waals surface area contributed by atoms with Crippen LogP contribution in [0, 0.1) is 0 Å². The van der Waals surface area contributed by atoms with Crippen molar-refractivity contribution in [3.05, 3.63) is 0 Å². The SMILES string of the molecule is CCNS(=O)(=O)N1CCCC1CN.Cl. The molecule has 0 aliphatic carbocycles. The molecule has 0 bridgehead atoms. The van der Waals surface area contributed by atoms with Crippen LogP contribution in [-0.2, 0) is 10.2 Å². The van der Waals surface area contributed by atoms with Gasteiger partial charge in [-0.3, -0.25) is 0 Å². The highest BCUT2D eigenvalue weighted by Gasteiger charge is 2.32. The van der Waals surface area contributed by atoms with E-state index in [1.807, 2.05) is 0 Å². The molecular formula is C7H18ClN3O2S. The number of rotatable bonds is 4. The number of halogens is 1. The summed E-state index contributed by atoms with van der Waals surface area (Å²) in [7, 11) is -3.27. The molecule has 7 heteroatoms. The Balaban J connectivity index is 0.00000169. The molecule has 1 unspecified atom stereocenters. The molecule has 0 amide bonds. The zero-order valence-electron chi connectivity index (χ0n) is 8.27. The second-order valence-corrected chi connectivity index (χ2v) is 4.85. The molecule has 0 aromatic carbocycles. The maximum absolute atomic E-state index is 11.6. The van der Waals surface area contributed by atoms with Crippen molar-refractivity contribution >= 4 is 22.6 Å². The number of nitrogens with zero attached hydrogens (tertiary/aromatic N) is 1. The van der Waals surface area contributed by atoms with Crippen LogP contribution in [0.1, 0.15) is 19.8 Å². The van der Waals surface area contributed by atoms with Gasteiger partial charge < -0.3 is 5.73 Å². The van der Waals surface area contributed by atoms with E-state index < -0.39 is 10.2 Å². The smallest absolute Gasteiger partial charge is 0.279 e. The maximum Gasteiger partial charge on any atom is 0.279 e. The zero-order chi connectivity index (χ0) is 9.90. The van der Waals surface area contributed by atoms with Gasteiger partial charge in [0.15, 0.2) is 0 Å². The normalized spacial score (nSPS) is 23.4. The van der Waals surface area contributed by atoms with Crippen LogP contribution in [0.25, 0.3) is 0 Å². The minimum atomic E-state index is -3.27. The second kappa shape index (κ2) is 5.87. The van der Waals surface area contributed by atoms with Crippen LogP contribution in [-0.4, -0.2) is 38.4 Å². The van der Waals surface area contributed by atoms with Crippen LogP contribution in [0.5, 0.6) is 0 Å². The van der Waals surface area contributed by atoms with Gasteiger partial charge in [0.2, 0.25) is 0 Å². The first-order valence-corrected chi connectivity index (χ1v) is 6.02. The Kier molecular flexibility index (Phi) is 5.92. The summed E-state index contributed by atoms with van der Waals surface area (Å²) in [5.74, 6) is 0. The Hall–Kier alpha value is 0.120. The summed E-state index contributed by atoms with van der Waals surface area (Å²) in [6, 6.07) is -0.0101. The molecule has 0 aromatic rings. The number of nitrogens with one attached hydrogen (secondary N) is 1. The zero-order valence-corrected chi connectivity index (χ0v) is 9.90. The topological polar surface area (TPSA) is 75.4 Å². The van der Waals surface area contributed by atoms with Crippen molar-refractivity contribution in [1.29, 1.82) is 0 Å². The van der Waals surface area contributed by atoms with Crippen molar-refractivity contribution in [2.24, 2.45) is 5.73 Å². The summed E-state index contributed by atoms with van der Waals surface area (Å²) >= 11 is 0. The van der Waals surface area contributed by atoms with Gasteiger partial charge >= 0.3 is 0 Å². The minimum absolute atomic E-state index is 0. The Bertz CT molecular complexity index is 258. The van der Waals surface area contributed by atoms with Crippen LogP contribution in [0.2, 0.25) is 0 Å². The highest BCUT2D eigenvalue weighted by molar-refractivity contribution is 7.87. The molecule has 1 aliphatic heterocycles. The summed E-state index contributed by atoms with van der Waals surface area (Å²) < 4.78 is 27.1. The molecule has 86 valence electrons. The van der Waals surface area contributed by atoms with E-state index >= 15 is 0 Å². The first kappa shape index (κ1) is 14.1. The molecule has 1 fully saturated rings. The van der Waals surface area contributed by atoms with Crippen LogP contribution in [0.3, 0.4) is 0 Å². The van der Waals surface area contributed by atoms with Gasteiger partial charge in [-0.1, -0.05) is 6.92 Å². The van der Waals surface area contributed by atoms with Crippen molar-refractivity contribution in [3.8, 4) is 0 Å². The molecule has 3 N–H and O–H groups in total. The molecule has 14 heavy (non-hydrogen) atoms. The average molecular weight is 244 g/mol. The van der Waals surface area contributed by atoms with Crippen molar-refractivity contribution < 1.29 is 8.42 Å². The molecule has 0 spiro atoms. The Morgan fingerprint density at radius 1 is 1.57 bits per heavy atom. The van der Waals surface area contributed by atoms with Crippen molar-refractivity contribution in [1.82, 2.24) is 9.03 Å². The van der Waals surface area contributed by atoms with Gasteiger partial charge in [-0.2, -0.15) is 12.7 Å². The Morgan fingerprint density at radius 3 is 2.71 bits per heavy atom. The molecular weight excluding hydrogens is 226 g/mol. The quantitative estimate of drug-likeness (QED) is 0.711. The summed E-state index contributed by atoms with van der Waals surface area (Å²) in [4.78, 5) is 0. The molecule has 1 atom stereocenters. The van der Waals surface area contributed by atoms with Gasteiger partial charge in [0.05, 0.1) is 0 Å². The van der Waals surface area contributed by atoms with E-state index in [1.54, 1.807) is 6.92 Å². The summed E-state index contributed by atoms with van der Waals surface area (Å²) in [6.45, 7) is 3.20. The van der Waals surface area contributed by atoms with Crippen LogP contribution >= 0.6 is 12.4 Å². The van der Waals surface area contributed by atoms with Crippen LogP contribution in [0.4, 0.5) is 0 Å². The lowest BCUT2D eigenvalue weighted by Crippen LogP contribution is -2.45.